The number of amides is 1. The van der Waals surface area contributed by atoms with E-state index in [2.05, 4.69) is 10.6 Å². The molecular formula is C19H21ClN2O3S. The fourth-order valence-electron chi connectivity index (χ4n) is 3.11. The molecule has 1 aliphatic rings. The summed E-state index contributed by atoms with van der Waals surface area (Å²) in [4.78, 5) is 12.3. The SMILES string of the molecule is O=C(CNC(c1ccccc1)c1ccccc1)N[C@H]1CS(=O)(=O)C[C@H]1Cl. The Kier molecular flexibility index (Phi) is 5.96. The second-order valence-electron chi connectivity index (χ2n) is 6.40. The second-order valence-corrected chi connectivity index (χ2v) is 9.12. The second kappa shape index (κ2) is 8.20. The maximum absolute atomic E-state index is 12.3. The summed E-state index contributed by atoms with van der Waals surface area (Å²) >= 11 is 6.05. The van der Waals surface area contributed by atoms with Crippen LogP contribution in [-0.2, 0) is 14.6 Å². The molecule has 1 fully saturated rings. The standard InChI is InChI=1S/C19H21ClN2O3S/c20-16-12-26(24,25)13-17(16)22-18(23)11-21-19(14-7-3-1-4-8-14)15-9-5-2-6-10-15/h1-10,16-17,19,21H,11-13H2,(H,22,23)/t16-,17+/m1/s1. The molecule has 2 N–H and O–H groups in total. The van der Waals surface area contributed by atoms with E-state index in [1.54, 1.807) is 0 Å². The fourth-order valence-corrected chi connectivity index (χ4v) is 5.66. The summed E-state index contributed by atoms with van der Waals surface area (Å²) in [6, 6.07) is 19.0. The van der Waals surface area contributed by atoms with Crippen LogP contribution in [0.3, 0.4) is 0 Å². The van der Waals surface area contributed by atoms with Gasteiger partial charge in [0.15, 0.2) is 9.84 Å². The van der Waals surface area contributed by atoms with Gasteiger partial charge in [0.25, 0.3) is 0 Å². The molecule has 7 heteroatoms. The summed E-state index contributed by atoms with van der Waals surface area (Å²) in [5.74, 6) is -0.466. The van der Waals surface area contributed by atoms with Gasteiger partial charge in [-0.3, -0.25) is 10.1 Å². The van der Waals surface area contributed by atoms with E-state index < -0.39 is 21.3 Å². The average Bonchev–Trinajstić information content (AvgIpc) is 2.88. The highest BCUT2D eigenvalue weighted by Gasteiger charge is 2.37. The summed E-state index contributed by atoms with van der Waals surface area (Å²) < 4.78 is 23.2. The monoisotopic (exact) mass is 392 g/mol. The van der Waals surface area contributed by atoms with E-state index in [0.29, 0.717) is 0 Å². The molecular weight excluding hydrogens is 372 g/mol. The summed E-state index contributed by atoms with van der Waals surface area (Å²) in [7, 11) is -3.17. The molecule has 0 aromatic heterocycles. The summed E-state index contributed by atoms with van der Waals surface area (Å²) in [5.41, 5.74) is 2.09. The lowest BCUT2D eigenvalue weighted by Gasteiger charge is -2.21. The van der Waals surface area contributed by atoms with Crippen molar-refractivity contribution < 1.29 is 13.2 Å². The van der Waals surface area contributed by atoms with Crippen molar-refractivity contribution in [3.8, 4) is 0 Å². The van der Waals surface area contributed by atoms with E-state index in [1.807, 2.05) is 60.7 Å². The number of hydrogen-bond acceptors (Lipinski definition) is 4. The van der Waals surface area contributed by atoms with Gasteiger partial charge in [-0.2, -0.15) is 0 Å². The molecule has 0 unspecified atom stereocenters. The van der Waals surface area contributed by atoms with Crippen molar-refractivity contribution in [1.29, 1.82) is 0 Å². The molecule has 1 amide bonds. The Bertz CT molecular complexity index is 804. The molecule has 1 heterocycles. The molecule has 0 aliphatic carbocycles. The minimum Gasteiger partial charge on any atom is -0.350 e. The van der Waals surface area contributed by atoms with Crippen LogP contribution in [0, 0.1) is 0 Å². The molecule has 3 rings (SSSR count). The zero-order chi connectivity index (χ0) is 18.6. The number of rotatable bonds is 6. The lowest BCUT2D eigenvalue weighted by Crippen LogP contribution is -2.45. The maximum atomic E-state index is 12.3. The quantitative estimate of drug-likeness (QED) is 0.736. The highest BCUT2D eigenvalue weighted by molar-refractivity contribution is 7.91. The van der Waals surface area contributed by atoms with Crippen LogP contribution in [0.1, 0.15) is 17.2 Å². The van der Waals surface area contributed by atoms with Crippen LogP contribution in [-0.4, -0.2) is 43.8 Å². The zero-order valence-electron chi connectivity index (χ0n) is 14.1. The van der Waals surface area contributed by atoms with Gasteiger partial charge >= 0.3 is 0 Å². The molecule has 2 aromatic rings. The Morgan fingerprint density at radius 1 is 1.00 bits per heavy atom. The van der Waals surface area contributed by atoms with Crippen LogP contribution in [0.4, 0.5) is 0 Å². The van der Waals surface area contributed by atoms with E-state index in [0.717, 1.165) is 11.1 Å². The maximum Gasteiger partial charge on any atom is 0.234 e. The largest absolute Gasteiger partial charge is 0.350 e. The number of sulfone groups is 1. The highest BCUT2D eigenvalue weighted by atomic mass is 35.5. The van der Waals surface area contributed by atoms with Crippen molar-refractivity contribution in [2.45, 2.75) is 17.5 Å². The lowest BCUT2D eigenvalue weighted by atomic mass is 9.99. The molecule has 138 valence electrons. The fraction of sp³-hybridized carbons (Fsp3) is 0.316. The first-order valence-electron chi connectivity index (χ1n) is 8.42. The third-order valence-electron chi connectivity index (χ3n) is 4.36. The van der Waals surface area contributed by atoms with Crippen LogP contribution in [0.5, 0.6) is 0 Å². The molecule has 2 atom stereocenters. The van der Waals surface area contributed by atoms with Crippen molar-refractivity contribution in [3.05, 3.63) is 71.8 Å². The van der Waals surface area contributed by atoms with Crippen LogP contribution >= 0.6 is 11.6 Å². The summed E-state index contributed by atoms with van der Waals surface area (Å²) in [5, 5.41) is 5.41. The molecule has 0 saturated carbocycles. The van der Waals surface area contributed by atoms with Gasteiger partial charge in [-0.25, -0.2) is 8.42 Å². The topological polar surface area (TPSA) is 75.3 Å². The Balaban J connectivity index is 1.66. The van der Waals surface area contributed by atoms with Crippen LogP contribution < -0.4 is 10.6 Å². The Morgan fingerprint density at radius 3 is 2.00 bits per heavy atom. The predicted molar refractivity (Wildman–Crippen MR) is 103 cm³/mol. The van der Waals surface area contributed by atoms with E-state index in [-0.39, 0.29) is 30.0 Å². The lowest BCUT2D eigenvalue weighted by molar-refractivity contribution is -0.120. The molecule has 1 aliphatic heterocycles. The van der Waals surface area contributed by atoms with Crippen molar-refractivity contribution in [1.82, 2.24) is 10.6 Å². The predicted octanol–water partition coefficient (Wildman–Crippen LogP) is 1.89. The van der Waals surface area contributed by atoms with Crippen molar-refractivity contribution >= 4 is 27.3 Å². The van der Waals surface area contributed by atoms with Gasteiger partial charge in [-0.05, 0) is 11.1 Å². The minimum atomic E-state index is -3.17. The van der Waals surface area contributed by atoms with Crippen LogP contribution in [0.2, 0.25) is 0 Å². The average molecular weight is 393 g/mol. The molecule has 0 spiro atoms. The number of carbonyl (C=O) groups is 1. The number of nitrogens with one attached hydrogen (secondary N) is 2. The first-order chi connectivity index (χ1) is 12.4. The number of carbonyl (C=O) groups excluding carboxylic acids is 1. The number of benzene rings is 2. The van der Waals surface area contributed by atoms with Gasteiger partial charge in [-0.1, -0.05) is 60.7 Å². The van der Waals surface area contributed by atoms with Gasteiger partial charge in [0.1, 0.15) is 0 Å². The third kappa shape index (κ3) is 4.84. The number of halogens is 1. The van der Waals surface area contributed by atoms with Crippen molar-refractivity contribution in [2.75, 3.05) is 18.1 Å². The molecule has 26 heavy (non-hydrogen) atoms. The van der Waals surface area contributed by atoms with E-state index >= 15 is 0 Å². The molecule has 2 aromatic carbocycles. The molecule has 0 radical (unpaired) electrons. The normalized spacial score (nSPS) is 21.6. The van der Waals surface area contributed by atoms with Gasteiger partial charge in [0, 0.05) is 0 Å². The van der Waals surface area contributed by atoms with Gasteiger partial charge in [0.2, 0.25) is 5.91 Å². The Hall–Kier alpha value is -1.89. The smallest absolute Gasteiger partial charge is 0.234 e. The third-order valence-corrected chi connectivity index (χ3v) is 6.74. The van der Waals surface area contributed by atoms with Gasteiger partial charge in [0.05, 0.1) is 35.5 Å². The van der Waals surface area contributed by atoms with E-state index in [1.165, 1.54) is 0 Å². The highest BCUT2D eigenvalue weighted by Crippen LogP contribution is 2.21. The first kappa shape index (κ1) is 18.9. The molecule has 1 saturated heterocycles. The number of hydrogen-bond donors (Lipinski definition) is 2. The van der Waals surface area contributed by atoms with Crippen molar-refractivity contribution in [3.63, 3.8) is 0 Å². The van der Waals surface area contributed by atoms with Gasteiger partial charge < -0.3 is 5.32 Å². The van der Waals surface area contributed by atoms with Crippen LogP contribution in [0.15, 0.2) is 60.7 Å². The van der Waals surface area contributed by atoms with Gasteiger partial charge in [-0.15, -0.1) is 11.6 Å². The zero-order valence-corrected chi connectivity index (χ0v) is 15.7. The van der Waals surface area contributed by atoms with Crippen molar-refractivity contribution in [2.24, 2.45) is 0 Å². The summed E-state index contributed by atoms with van der Waals surface area (Å²) in [6.45, 7) is 0.0641. The minimum absolute atomic E-state index is 0.0641. The first-order valence-corrected chi connectivity index (χ1v) is 10.7. The Labute approximate surface area is 158 Å². The number of alkyl halides is 1. The molecule has 5 nitrogen and oxygen atoms in total. The molecule has 0 bridgehead atoms. The van der Waals surface area contributed by atoms with E-state index in [9.17, 15) is 13.2 Å². The summed E-state index contributed by atoms with van der Waals surface area (Å²) in [6.07, 6.45) is 0. The van der Waals surface area contributed by atoms with E-state index in [4.69, 9.17) is 11.6 Å². The Morgan fingerprint density at radius 2 is 1.54 bits per heavy atom. The van der Waals surface area contributed by atoms with Crippen LogP contribution in [0.25, 0.3) is 0 Å².